The topological polar surface area (TPSA) is 92.6 Å². The molecule has 2 aromatic rings. The van der Waals surface area contributed by atoms with E-state index in [-0.39, 0.29) is 10.9 Å². The molecule has 2 amide bonds. The summed E-state index contributed by atoms with van der Waals surface area (Å²) in [5.41, 5.74) is 5.19. The first-order valence-corrected chi connectivity index (χ1v) is 7.50. The highest BCUT2D eigenvalue weighted by atomic mass is 79.9. The molecular formula is C14H12BrN3O4S. The maximum absolute atomic E-state index is 12.0. The van der Waals surface area contributed by atoms with E-state index in [9.17, 15) is 9.59 Å². The van der Waals surface area contributed by atoms with E-state index in [1.165, 1.54) is 19.4 Å². The predicted molar refractivity (Wildman–Crippen MR) is 90.1 cm³/mol. The molecule has 0 atom stereocenters. The molecule has 0 bridgehead atoms. The molecule has 0 aliphatic rings. The van der Waals surface area contributed by atoms with E-state index in [1.807, 2.05) is 0 Å². The molecule has 9 heteroatoms. The standard InChI is InChI=1S/C14H12BrN3O4S/c1-21-10-5-4-8(7-9(10)15)12(19)17-18-14(23)16-13(20)11-3-2-6-22-11/h2-7H,1H3,(H,17,19)(H2,16,18,20,23). The van der Waals surface area contributed by atoms with Crippen molar-refractivity contribution in [2.75, 3.05) is 7.11 Å². The molecule has 0 saturated carbocycles. The molecule has 0 fully saturated rings. The summed E-state index contributed by atoms with van der Waals surface area (Å²) < 4.78 is 10.6. The molecule has 1 heterocycles. The Balaban J connectivity index is 1.87. The summed E-state index contributed by atoms with van der Waals surface area (Å²) in [4.78, 5) is 23.7. The zero-order chi connectivity index (χ0) is 16.8. The van der Waals surface area contributed by atoms with Crippen LogP contribution in [-0.4, -0.2) is 24.0 Å². The van der Waals surface area contributed by atoms with Crippen molar-refractivity contribution >= 4 is 45.1 Å². The first kappa shape index (κ1) is 17.0. The highest BCUT2D eigenvalue weighted by molar-refractivity contribution is 9.10. The second-order valence-corrected chi connectivity index (χ2v) is 5.45. The maximum atomic E-state index is 12.0. The van der Waals surface area contributed by atoms with E-state index in [2.05, 4.69) is 32.1 Å². The fourth-order valence-corrected chi connectivity index (χ4v) is 2.28. The molecule has 0 spiro atoms. The molecule has 0 aliphatic carbocycles. The summed E-state index contributed by atoms with van der Waals surface area (Å²) in [7, 11) is 1.53. The summed E-state index contributed by atoms with van der Waals surface area (Å²) in [6, 6.07) is 7.90. The van der Waals surface area contributed by atoms with Gasteiger partial charge in [-0.05, 0) is 58.5 Å². The van der Waals surface area contributed by atoms with Crippen LogP contribution in [0.15, 0.2) is 45.5 Å². The Hall–Kier alpha value is -2.39. The number of furan rings is 1. The Morgan fingerprint density at radius 1 is 1.22 bits per heavy atom. The van der Waals surface area contributed by atoms with Gasteiger partial charge in [0.15, 0.2) is 10.9 Å². The summed E-state index contributed by atoms with van der Waals surface area (Å²) in [5, 5.41) is 2.30. The maximum Gasteiger partial charge on any atom is 0.293 e. The lowest BCUT2D eigenvalue weighted by Crippen LogP contribution is -2.48. The SMILES string of the molecule is COc1ccc(C(=O)NNC(=S)NC(=O)c2ccco2)cc1Br. The lowest BCUT2D eigenvalue weighted by molar-refractivity contribution is 0.0927. The van der Waals surface area contributed by atoms with Crippen LogP contribution in [0.5, 0.6) is 5.75 Å². The minimum absolute atomic E-state index is 0.0627. The zero-order valence-corrected chi connectivity index (χ0v) is 14.3. The number of methoxy groups -OCH3 is 1. The molecular weight excluding hydrogens is 386 g/mol. The number of carbonyl (C=O) groups is 2. The molecule has 0 radical (unpaired) electrons. The van der Waals surface area contributed by atoms with Crippen LogP contribution in [0, 0.1) is 0 Å². The van der Waals surface area contributed by atoms with Crippen molar-refractivity contribution in [2.45, 2.75) is 0 Å². The number of halogens is 1. The third kappa shape index (κ3) is 4.54. The Morgan fingerprint density at radius 2 is 2.00 bits per heavy atom. The molecule has 0 aliphatic heterocycles. The number of ether oxygens (including phenoxy) is 1. The summed E-state index contributed by atoms with van der Waals surface area (Å²) in [6.45, 7) is 0. The Labute approximate surface area is 145 Å². The average Bonchev–Trinajstić information content (AvgIpc) is 3.07. The van der Waals surface area contributed by atoms with Gasteiger partial charge in [-0.1, -0.05) is 0 Å². The molecule has 23 heavy (non-hydrogen) atoms. The Bertz CT molecular complexity index is 734. The number of carbonyl (C=O) groups excluding carboxylic acids is 2. The van der Waals surface area contributed by atoms with E-state index in [4.69, 9.17) is 21.4 Å². The number of thiocarbonyl (C=S) groups is 1. The minimum Gasteiger partial charge on any atom is -0.496 e. The van der Waals surface area contributed by atoms with Crippen LogP contribution in [0.4, 0.5) is 0 Å². The number of hydrazine groups is 1. The number of hydrogen-bond donors (Lipinski definition) is 3. The average molecular weight is 398 g/mol. The normalized spacial score (nSPS) is 9.83. The summed E-state index contributed by atoms with van der Waals surface area (Å²) >= 11 is 8.20. The molecule has 0 unspecified atom stereocenters. The lowest BCUT2D eigenvalue weighted by atomic mass is 10.2. The largest absolute Gasteiger partial charge is 0.496 e. The predicted octanol–water partition coefficient (Wildman–Crippen LogP) is 2.00. The van der Waals surface area contributed by atoms with Crippen molar-refractivity contribution in [3.8, 4) is 5.75 Å². The van der Waals surface area contributed by atoms with Crippen LogP contribution in [0.3, 0.4) is 0 Å². The van der Waals surface area contributed by atoms with E-state index >= 15 is 0 Å². The minimum atomic E-state index is -0.519. The number of nitrogens with one attached hydrogen (secondary N) is 3. The molecule has 120 valence electrons. The van der Waals surface area contributed by atoms with Gasteiger partial charge in [0.05, 0.1) is 17.8 Å². The lowest BCUT2D eigenvalue weighted by Gasteiger charge is -2.11. The van der Waals surface area contributed by atoms with Crippen LogP contribution in [0.25, 0.3) is 0 Å². The van der Waals surface area contributed by atoms with E-state index in [0.717, 1.165) is 0 Å². The third-order valence-corrected chi connectivity index (χ3v) is 3.50. The van der Waals surface area contributed by atoms with Gasteiger partial charge in [0.25, 0.3) is 11.8 Å². The Kier molecular flexibility index (Phi) is 5.72. The van der Waals surface area contributed by atoms with Gasteiger partial charge >= 0.3 is 0 Å². The van der Waals surface area contributed by atoms with Gasteiger partial charge in [-0.3, -0.25) is 25.8 Å². The van der Waals surface area contributed by atoms with Crippen LogP contribution >= 0.6 is 28.1 Å². The summed E-state index contributed by atoms with van der Waals surface area (Å²) in [6.07, 6.45) is 1.37. The van der Waals surface area contributed by atoms with Gasteiger partial charge in [0.1, 0.15) is 5.75 Å². The number of amides is 2. The van der Waals surface area contributed by atoms with Crippen molar-refractivity contribution in [3.05, 3.63) is 52.4 Å². The third-order valence-electron chi connectivity index (χ3n) is 2.68. The van der Waals surface area contributed by atoms with E-state index in [1.54, 1.807) is 24.3 Å². The monoisotopic (exact) mass is 397 g/mol. The first-order chi connectivity index (χ1) is 11.0. The quantitative estimate of drug-likeness (QED) is 0.541. The van der Waals surface area contributed by atoms with Crippen LogP contribution in [0.1, 0.15) is 20.9 Å². The fourth-order valence-electron chi connectivity index (χ4n) is 1.60. The van der Waals surface area contributed by atoms with Gasteiger partial charge in [-0.2, -0.15) is 0 Å². The van der Waals surface area contributed by atoms with Crippen molar-refractivity contribution < 1.29 is 18.7 Å². The smallest absolute Gasteiger partial charge is 0.293 e. The molecule has 0 saturated heterocycles. The van der Waals surface area contributed by atoms with Crippen LogP contribution < -0.4 is 20.9 Å². The number of benzene rings is 1. The zero-order valence-electron chi connectivity index (χ0n) is 11.9. The second-order valence-electron chi connectivity index (χ2n) is 4.19. The van der Waals surface area contributed by atoms with Crippen molar-refractivity contribution in [1.82, 2.24) is 16.2 Å². The van der Waals surface area contributed by atoms with Gasteiger partial charge in [-0.15, -0.1) is 0 Å². The molecule has 3 N–H and O–H groups in total. The van der Waals surface area contributed by atoms with Crippen LogP contribution in [0.2, 0.25) is 0 Å². The fraction of sp³-hybridized carbons (Fsp3) is 0.0714. The first-order valence-electron chi connectivity index (χ1n) is 6.30. The highest BCUT2D eigenvalue weighted by Gasteiger charge is 2.12. The van der Waals surface area contributed by atoms with Crippen molar-refractivity contribution in [2.24, 2.45) is 0 Å². The van der Waals surface area contributed by atoms with Gasteiger partial charge in [-0.25, -0.2) is 0 Å². The van der Waals surface area contributed by atoms with E-state index < -0.39 is 11.8 Å². The van der Waals surface area contributed by atoms with Gasteiger partial charge in [0.2, 0.25) is 0 Å². The molecule has 7 nitrogen and oxygen atoms in total. The molecule has 2 rings (SSSR count). The van der Waals surface area contributed by atoms with E-state index in [0.29, 0.717) is 15.8 Å². The molecule has 1 aromatic carbocycles. The van der Waals surface area contributed by atoms with Crippen molar-refractivity contribution in [1.29, 1.82) is 0 Å². The number of hydrogen-bond acceptors (Lipinski definition) is 5. The number of rotatable bonds is 3. The highest BCUT2D eigenvalue weighted by Crippen LogP contribution is 2.25. The van der Waals surface area contributed by atoms with Gasteiger partial charge < -0.3 is 9.15 Å². The second kappa shape index (κ2) is 7.75. The van der Waals surface area contributed by atoms with Gasteiger partial charge in [0, 0.05) is 5.56 Å². The Morgan fingerprint density at radius 3 is 2.61 bits per heavy atom. The van der Waals surface area contributed by atoms with Crippen molar-refractivity contribution in [3.63, 3.8) is 0 Å². The molecule has 1 aromatic heterocycles. The summed E-state index contributed by atoms with van der Waals surface area (Å²) in [5.74, 6) is -0.229. The van der Waals surface area contributed by atoms with Crippen LogP contribution in [-0.2, 0) is 0 Å².